The first kappa shape index (κ1) is 11.9. The zero-order chi connectivity index (χ0) is 10.3. The zero-order valence-electron chi connectivity index (χ0n) is 9.30. The van der Waals surface area contributed by atoms with Gasteiger partial charge in [-0.3, -0.25) is 0 Å². The van der Waals surface area contributed by atoms with Crippen molar-refractivity contribution in [3.63, 3.8) is 0 Å². The first-order valence-electron chi connectivity index (χ1n) is 4.56. The molecular weight excluding hydrogens is 261 g/mol. The van der Waals surface area contributed by atoms with E-state index < -0.39 is 0 Å². The molecule has 0 fully saturated rings. The van der Waals surface area contributed by atoms with E-state index in [1.165, 1.54) is 0 Å². The van der Waals surface area contributed by atoms with Crippen LogP contribution in [0.1, 0.15) is 50.7 Å². The Labute approximate surface area is 90.7 Å². The summed E-state index contributed by atoms with van der Waals surface area (Å²) >= 11 is 0.739. The van der Waals surface area contributed by atoms with Crippen LogP contribution in [0.25, 0.3) is 0 Å². The summed E-state index contributed by atoms with van der Waals surface area (Å²) in [6.45, 7) is 15.7. The molecule has 1 rings (SSSR count). The molecule has 13 heavy (non-hydrogen) atoms. The summed E-state index contributed by atoms with van der Waals surface area (Å²) in [6, 6.07) is 0. The van der Waals surface area contributed by atoms with Crippen LogP contribution in [-0.2, 0) is 10.8 Å². The molecule has 0 aliphatic rings. The summed E-state index contributed by atoms with van der Waals surface area (Å²) < 4.78 is 1.77. The summed E-state index contributed by atoms with van der Waals surface area (Å²) in [5.41, 5.74) is 0.847. The molecule has 0 aliphatic heterocycles. The molecule has 0 bridgehead atoms. The third-order valence-electron chi connectivity index (χ3n) is 1.74. The fourth-order valence-corrected chi connectivity index (χ4v) is 11.4. The van der Waals surface area contributed by atoms with Crippen LogP contribution in [0, 0.1) is 0 Å². The van der Waals surface area contributed by atoms with E-state index in [1.54, 1.807) is 24.2 Å². The van der Waals surface area contributed by atoms with Gasteiger partial charge in [-0.15, -0.1) is 0 Å². The normalized spacial score (nSPS) is 14.6. The Morgan fingerprint density at radius 2 is 1.46 bits per heavy atom. The molecule has 0 unspecified atom stereocenters. The predicted molar refractivity (Wildman–Crippen MR) is 65.8 cm³/mol. The van der Waals surface area contributed by atoms with Crippen LogP contribution in [-0.4, -0.2) is 14.0 Å². The van der Waals surface area contributed by atoms with E-state index in [0.29, 0.717) is 10.8 Å². The molecule has 0 aromatic carbocycles. The standard InChI is InChI=1S/C10H18P2Se/c1-9(2,3)7-11-8(13-12-7)10(4,5)6/h1-6H3. The molecule has 0 nitrogen and oxygen atoms in total. The van der Waals surface area contributed by atoms with Crippen molar-refractivity contribution in [2.75, 3.05) is 0 Å². The van der Waals surface area contributed by atoms with Gasteiger partial charge in [-0.25, -0.2) is 0 Å². The van der Waals surface area contributed by atoms with E-state index >= 15 is 0 Å². The molecule has 1 aromatic heterocycles. The monoisotopic (exact) mass is 280 g/mol. The molecule has 0 saturated heterocycles. The van der Waals surface area contributed by atoms with Crippen molar-refractivity contribution >= 4 is 29.1 Å². The fourth-order valence-electron chi connectivity index (χ4n) is 0.833. The Bertz CT molecular complexity index is 260. The molecule has 74 valence electrons. The molecule has 0 radical (unpaired) electrons. The average Bonchev–Trinajstić information content (AvgIpc) is 2.28. The van der Waals surface area contributed by atoms with Crippen LogP contribution in [0.15, 0.2) is 0 Å². The fraction of sp³-hybridized carbons (Fsp3) is 0.800. The second kappa shape index (κ2) is 3.79. The average molecular weight is 279 g/mol. The van der Waals surface area contributed by atoms with Crippen molar-refractivity contribution in [2.24, 2.45) is 0 Å². The van der Waals surface area contributed by atoms with E-state index in [0.717, 1.165) is 14.0 Å². The van der Waals surface area contributed by atoms with Crippen molar-refractivity contribution in [3.8, 4) is 0 Å². The van der Waals surface area contributed by atoms with Gasteiger partial charge in [-0.2, -0.15) is 0 Å². The van der Waals surface area contributed by atoms with Crippen molar-refractivity contribution < 1.29 is 0 Å². The molecule has 3 heteroatoms. The Balaban J connectivity index is 3.01. The van der Waals surface area contributed by atoms with E-state index in [2.05, 4.69) is 41.5 Å². The summed E-state index contributed by atoms with van der Waals surface area (Å²) in [4.78, 5) is 0. The van der Waals surface area contributed by atoms with Crippen LogP contribution in [0.4, 0.5) is 0 Å². The van der Waals surface area contributed by atoms with Gasteiger partial charge in [0, 0.05) is 0 Å². The van der Waals surface area contributed by atoms with Crippen molar-refractivity contribution in [1.82, 2.24) is 0 Å². The van der Waals surface area contributed by atoms with E-state index in [9.17, 15) is 0 Å². The number of hydrogen-bond acceptors (Lipinski definition) is 0. The number of rotatable bonds is 0. The minimum absolute atomic E-state index is 0.415. The molecule has 0 atom stereocenters. The van der Waals surface area contributed by atoms with Crippen LogP contribution in [0.2, 0.25) is 0 Å². The van der Waals surface area contributed by atoms with Crippen LogP contribution in [0.3, 0.4) is 0 Å². The summed E-state index contributed by atoms with van der Waals surface area (Å²) in [6.07, 6.45) is 0. The van der Waals surface area contributed by atoms with E-state index in [1.807, 2.05) is 0 Å². The summed E-state index contributed by atoms with van der Waals surface area (Å²) in [7, 11) is 1.56. The molecule has 0 aliphatic carbocycles. The van der Waals surface area contributed by atoms with Gasteiger partial charge in [0.25, 0.3) is 0 Å². The SMILES string of the molecule is CC(C)(C)c1p[se]c(C(C)(C)C)p1. The van der Waals surface area contributed by atoms with Gasteiger partial charge in [0.2, 0.25) is 0 Å². The number of hydrogen-bond donors (Lipinski definition) is 0. The summed E-state index contributed by atoms with van der Waals surface area (Å²) in [5, 5.41) is 1.72. The van der Waals surface area contributed by atoms with E-state index in [4.69, 9.17) is 0 Å². The van der Waals surface area contributed by atoms with Gasteiger partial charge in [-0.1, -0.05) is 0 Å². The Morgan fingerprint density at radius 1 is 0.923 bits per heavy atom. The molecule has 1 heterocycles. The van der Waals surface area contributed by atoms with Gasteiger partial charge >= 0.3 is 90.7 Å². The molecule has 1 aromatic rings. The molecular formula is C10H18P2Se. The van der Waals surface area contributed by atoms with Gasteiger partial charge in [0.05, 0.1) is 0 Å². The maximum atomic E-state index is 2.35. The molecule has 0 N–H and O–H groups in total. The van der Waals surface area contributed by atoms with Crippen molar-refractivity contribution in [1.29, 1.82) is 0 Å². The first-order chi connectivity index (χ1) is 5.71. The maximum absolute atomic E-state index is 2.35. The van der Waals surface area contributed by atoms with Crippen molar-refractivity contribution in [2.45, 2.75) is 52.4 Å². The first-order valence-corrected chi connectivity index (χ1v) is 9.42. The van der Waals surface area contributed by atoms with Crippen LogP contribution < -0.4 is 0 Å². The van der Waals surface area contributed by atoms with Gasteiger partial charge in [-0.05, 0) is 0 Å². The van der Waals surface area contributed by atoms with Crippen molar-refractivity contribution in [3.05, 3.63) is 9.20 Å². The van der Waals surface area contributed by atoms with Gasteiger partial charge in [0.15, 0.2) is 0 Å². The molecule has 0 saturated carbocycles. The third kappa shape index (κ3) is 3.17. The van der Waals surface area contributed by atoms with Crippen LogP contribution in [0.5, 0.6) is 0 Å². The quantitative estimate of drug-likeness (QED) is 0.613. The van der Waals surface area contributed by atoms with Crippen LogP contribution >= 0.6 is 15.0 Å². The Hall–Kier alpha value is 0.859. The molecule has 0 spiro atoms. The topological polar surface area (TPSA) is 0 Å². The van der Waals surface area contributed by atoms with E-state index in [-0.39, 0.29) is 0 Å². The minimum atomic E-state index is 0.415. The van der Waals surface area contributed by atoms with Gasteiger partial charge < -0.3 is 0 Å². The molecule has 0 amide bonds. The third-order valence-corrected chi connectivity index (χ3v) is 12.1. The Morgan fingerprint density at radius 3 is 1.69 bits per heavy atom. The Kier molecular flexibility index (Phi) is 3.47. The van der Waals surface area contributed by atoms with Gasteiger partial charge in [0.1, 0.15) is 0 Å². The second-order valence-electron chi connectivity index (χ2n) is 5.42. The summed E-state index contributed by atoms with van der Waals surface area (Å²) in [5.74, 6) is 0. The second-order valence-corrected chi connectivity index (χ2v) is 11.5. The zero-order valence-corrected chi connectivity index (χ0v) is 12.8. The predicted octanol–water partition coefficient (Wildman–Crippen LogP) is 4.50.